The highest BCUT2D eigenvalue weighted by Crippen LogP contribution is 2.27. The summed E-state index contributed by atoms with van der Waals surface area (Å²) in [5.41, 5.74) is 3.07. The maximum atomic E-state index is 9.19. The standard InChI is InChI=1S/C14H18N2O2S/c15-10-12-9-11-3-1-2-4-13(11)16-14(12)19-8-7-18-6-5-17/h9,17H,1-8H2. The van der Waals surface area contributed by atoms with Gasteiger partial charge in [-0.05, 0) is 37.3 Å². The number of aliphatic hydroxyl groups excluding tert-OH is 1. The Labute approximate surface area is 117 Å². The summed E-state index contributed by atoms with van der Waals surface area (Å²) in [5.74, 6) is 0.750. The summed E-state index contributed by atoms with van der Waals surface area (Å²) < 4.78 is 5.21. The molecule has 0 atom stereocenters. The number of aryl methyl sites for hydroxylation is 2. The van der Waals surface area contributed by atoms with Crippen molar-refractivity contribution in [3.05, 3.63) is 22.9 Å². The molecule has 1 N–H and O–H groups in total. The highest BCUT2D eigenvalue weighted by molar-refractivity contribution is 7.99. The van der Waals surface area contributed by atoms with Crippen molar-refractivity contribution in [3.8, 4) is 6.07 Å². The molecule has 0 radical (unpaired) electrons. The summed E-state index contributed by atoms with van der Waals surface area (Å²) in [6, 6.07) is 4.23. The van der Waals surface area contributed by atoms with Crippen molar-refractivity contribution < 1.29 is 9.84 Å². The Balaban J connectivity index is 2.01. The van der Waals surface area contributed by atoms with E-state index in [1.807, 2.05) is 6.07 Å². The van der Waals surface area contributed by atoms with Crippen LogP contribution in [0.4, 0.5) is 0 Å². The van der Waals surface area contributed by atoms with Crippen LogP contribution in [0.3, 0.4) is 0 Å². The van der Waals surface area contributed by atoms with E-state index in [-0.39, 0.29) is 6.61 Å². The van der Waals surface area contributed by atoms with Crippen LogP contribution in [0.1, 0.15) is 29.7 Å². The van der Waals surface area contributed by atoms with Gasteiger partial charge in [0.1, 0.15) is 11.1 Å². The Morgan fingerprint density at radius 3 is 3.00 bits per heavy atom. The van der Waals surface area contributed by atoms with Crippen molar-refractivity contribution in [2.75, 3.05) is 25.6 Å². The average molecular weight is 278 g/mol. The molecule has 19 heavy (non-hydrogen) atoms. The summed E-state index contributed by atoms with van der Waals surface area (Å²) in [5, 5.41) is 18.6. The van der Waals surface area contributed by atoms with Gasteiger partial charge in [0, 0.05) is 11.4 Å². The third kappa shape index (κ3) is 3.93. The van der Waals surface area contributed by atoms with E-state index >= 15 is 0 Å². The first-order valence-corrected chi connectivity index (χ1v) is 7.58. The van der Waals surface area contributed by atoms with Crippen molar-refractivity contribution >= 4 is 11.8 Å². The van der Waals surface area contributed by atoms with Gasteiger partial charge in [0.05, 0.1) is 25.4 Å². The first-order valence-electron chi connectivity index (χ1n) is 6.59. The first-order chi connectivity index (χ1) is 9.35. The number of fused-ring (bicyclic) bond motifs is 1. The van der Waals surface area contributed by atoms with Crippen molar-refractivity contribution in [1.29, 1.82) is 5.26 Å². The fourth-order valence-corrected chi connectivity index (χ4v) is 3.00. The monoisotopic (exact) mass is 278 g/mol. The molecule has 1 aliphatic rings. The molecule has 1 heterocycles. The quantitative estimate of drug-likeness (QED) is 0.636. The molecule has 1 aliphatic carbocycles. The number of hydrogen-bond donors (Lipinski definition) is 1. The van der Waals surface area contributed by atoms with Crippen LogP contribution >= 0.6 is 11.8 Å². The van der Waals surface area contributed by atoms with Crippen molar-refractivity contribution in [2.24, 2.45) is 0 Å². The van der Waals surface area contributed by atoms with Gasteiger partial charge >= 0.3 is 0 Å². The van der Waals surface area contributed by atoms with Gasteiger partial charge in [-0.3, -0.25) is 0 Å². The number of ether oxygens (including phenoxy) is 1. The van der Waals surface area contributed by atoms with Crippen LogP contribution in [0, 0.1) is 11.3 Å². The molecule has 2 rings (SSSR count). The molecular formula is C14H18N2O2S. The molecule has 0 spiro atoms. The van der Waals surface area contributed by atoms with Crippen molar-refractivity contribution in [1.82, 2.24) is 4.98 Å². The molecule has 0 bridgehead atoms. The van der Waals surface area contributed by atoms with E-state index in [9.17, 15) is 5.26 Å². The highest BCUT2D eigenvalue weighted by atomic mass is 32.2. The molecule has 5 heteroatoms. The van der Waals surface area contributed by atoms with E-state index < -0.39 is 0 Å². The lowest BCUT2D eigenvalue weighted by Crippen LogP contribution is -2.08. The van der Waals surface area contributed by atoms with E-state index in [0.717, 1.165) is 29.3 Å². The summed E-state index contributed by atoms with van der Waals surface area (Å²) in [6.45, 7) is 0.976. The summed E-state index contributed by atoms with van der Waals surface area (Å²) in [7, 11) is 0. The summed E-state index contributed by atoms with van der Waals surface area (Å²) in [4.78, 5) is 4.64. The fraction of sp³-hybridized carbons (Fsp3) is 0.571. The Morgan fingerprint density at radius 1 is 1.37 bits per heavy atom. The maximum absolute atomic E-state index is 9.19. The molecule has 0 aliphatic heterocycles. The smallest absolute Gasteiger partial charge is 0.114 e. The minimum absolute atomic E-state index is 0.0468. The van der Waals surface area contributed by atoms with Gasteiger partial charge in [0.15, 0.2) is 0 Å². The second kappa shape index (κ2) is 7.49. The van der Waals surface area contributed by atoms with Gasteiger partial charge in [0.25, 0.3) is 0 Å². The topological polar surface area (TPSA) is 66.1 Å². The Bertz CT molecular complexity index is 471. The van der Waals surface area contributed by atoms with Crippen LogP contribution in [-0.2, 0) is 17.6 Å². The van der Waals surface area contributed by atoms with E-state index in [4.69, 9.17) is 9.84 Å². The Kier molecular flexibility index (Phi) is 5.64. The molecule has 0 aromatic carbocycles. The zero-order valence-corrected chi connectivity index (χ0v) is 11.7. The van der Waals surface area contributed by atoms with Gasteiger partial charge in [-0.1, -0.05) is 0 Å². The van der Waals surface area contributed by atoms with Crippen molar-refractivity contribution in [3.63, 3.8) is 0 Å². The molecular weight excluding hydrogens is 260 g/mol. The van der Waals surface area contributed by atoms with Crippen LogP contribution in [0.2, 0.25) is 0 Å². The Hall–Kier alpha value is -1.09. The number of hydrogen-bond acceptors (Lipinski definition) is 5. The molecule has 1 aromatic heterocycles. The van der Waals surface area contributed by atoms with E-state index in [1.54, 1.807) is 11.8 Å². The molecule has 0 saturated carbocycles. The molecule has 0 unspecified atom stereocenters. The first kappa shape index (κ1) is 14.3. The van der Waals surface area contributed by atoms with Gasteiger partial charge < -0.3 is 9.84 Å². The van der Waals surface area contributed by atoms with Crippen LogP contribution in [0.5, 0.6) is 0 Å². The maximum Gasteiger partial charge on any atom is 0.114 e. The minimum atomic E-state index is 0.0468. The van der Waals surface area contributed by atoms with Crippen LogP contribution in [-0.4, -0.2) is 35.7 Å². The molecule has 1 aromatic rings. The summed E-state index contributed by atoms with van der Waals surface area (Å²) >= 11 is 1.55. The Morgan fingerprint density at radius 2 is 2.21 bits per heavy atom. The van der Waals surface area contributed by atoms with E-state index in [1.165, 1.54) is 18.4 Å². The largest absolute Gasteiger partial charge is 0.394 e. The number of rotatable bonds is 6. The van der Waals surface area contributed by atoms with Crippen LogP contribution in [0.15, 0.2) is 11.1 Å². The zero-order valence-electron chi connectivity index (χ0n) is 10.9. The number of thioether (sulfide) groups is 1. The lowest BCUT2D eigenvalue weighted by atomic mass is 9.95. The lowest BCUT2D eigenvalue weighted by Gasteiger charge is -2.16. The number of nitrogens with zero attached hydrogens (tertiary/aromatic N) is 2. The minimum Gasteiger partial charge on any atom is -0.394 e. The number of nitriles is 1. The lowest BCUT2D eigenvalue weighted by molar-refractivity contribution is 0.103. The second-order valence-electron chi connectivity index (χ2n) is 4.45. The van der Waals surface area contributed by atoms with E-state index in [2.05, 4.69) is 11.1 Å². The van der Waals surface area contributed by atoms with Crippen molar-refractivity contribution in [2.45, 2.75) is 30.7 Å². The van der Waals surface area contributed by atoms with Gasteiger partial charge in [-0.15, -0.1) is 11.8 Å². The average Bonchev–Trinajstić information content (AvgIpc) is 2.46. The highest BCUT2D eigenvalue weighted by Gasteiger charge is 2.15. The number of aromatic nitrogens is 1. The van der Waals surface area contributed by atoms with Crippen LogP contribution < -0.4 is 0 Å². The predicted molar refractivity (Wildman–Crippen MR) is 74.2 cm³/mol. The SMILES string of the molecule is N#Cc1cc2c(nc1SCCOCCO)CCCC2. The zero-order chi connectivity index (χ0) is 13.5. The van der Waals surface area contributed by atoms with Gasteiger partial charge in [-0.25, -0.2) is 4.98 Å². The third-order valence-electron chi connectivity index (χ3n) is 3.09. The third-order valence-corrected chi connectivity index (χ3v) is 4.04. The summed E-state index contributed by atoms with van der Waals surface area (Å²) in [6.07, 6.45) is 4.45. The molecule has 0 fully saturated rings. The molecule has 0 saturated heterocycles. The van der Waals surface area contributed by atoms with Crippen LogP contribution in [0.25, 0.3) is 0 Å². The normalized spacial score (nSPS) is 13.9. The van der Waals surface area contributed by atoms with Gasteiger partial charge in [-0.2, -0.15) is 5.26 Å². The van der Waals surface area contributed by atoms with Gasteiger partial charge in [0.2, 0.25) is 0 Å². The number of pyridine rings is 1. The second-order valence-corrected chi connectivity index (χ2v) is 5.53. The molecule has 0 amide bonds. The fourth-order valence-electron chi connectivity index (χ4n) is 2.17. The predicted octanol–water partition coefficient (Wildman–Crippen LogP) is 1.93. The van der Waals surface area contributed by atoms with E-state index in [0.29, 0.717) is 18.8 Å². The number of aliphatic hydroxyl groups is 1. The molecule has 4 nitrogen and oxygen atoms in total. The molecule has 102 valence electrons.